The van der Waals surface area contributed by atoms with Crippen LogP contribution in [0, 0.1) is 0 Å². The van der Waals surface area contributed by atoms with E-state index in [0.717, 1.165) is 48.8 Å². The van der Waals surface area contributed by atoms with Crippen LogP contribution in [0.15, 0.2) is 23.0 Å². The molecule has 0 aliphatic carbocycles. The van der Waals surface area contributed by atoms with Crippen LogP contribution >= 0.6 is 11.3 Å². The number of nitrogen functional groups attached to an aromatic ring is 2. The van der Waals surface area contributed by atoms with Gasteiger partial charge in [0.1, 0.15) is 5.69 Å². The molecule has 2 aromatic heterocycles. The smallest absolute Gasteiger partial charge is 0.154 e. The molecule has 3 rings (SSSR count). The number of aromatic nitrogens is 1. The van der Waals surface area contributed by atoms with Gasteiger partial charge in [0.15, 0.2) is 5.82 Å². The van der Waals surface area contributed by atoms with E-state index in [2.05, 4.69) is 32.6 Å². The van der Waals surface area contributed by atoms with Crippen LogP contribution in [-0.2, 0) is 0 Å². The first kappa shape index (κ1) is 17.5. The van der Waals surface area contributed by atoms with E-state index in [1.165, 1.54) is 0 Å². The second-order valence-electron chi connectivity index (χ2n) is 5.23. The van der Waals surface area contributed by atoms with E-state index in [1.54, 1.807) is 11.3 Å². The molecule has 5 N–H and O–H groups in total. The maximum absolute atomic E-state index is 6.31. The van der Waals surface area contributed by atoms with Gasteiger partial charge in [0, 0.05) is 37.9 Å². The molecule has 23 heavy (non-hydrogen) atoms. The average Bonchev–Trinajstić information content (AvgIpc) is 3.12. The van der Waals surface area contributed by atoms with E-state index in [0.29, 0.717) is 5.69 Å². The number of hydrogen-bond donors (Lipinski definition) is 3. The Labute approximate surface area is 142 Å². The predicted molar refractivity (Wildman–Crippen MR) is 101 cm³/mol. The molecule has 0 unspecified atom stereocenters. The van der Waals surface area contributed by atoms with Crippen molar-refractivity contribution in [3.63, 3.8) is 0 Å². The molecule has 7 heteroatoms. The van der Waals surface area contributed by atoms with Gasteiger partial charge in [-0.25, -0.2) is 4.98 Å². The molecule has 1 aliphatic heterocycles. The van der Waals surface area contributed by atoms with Crippen molar-refractivity contribution in [3.8, 4) is 11.1 Å². The zero-order valence-corrected chi connectivity index (χ0v) is 14.9. The van der Waals surface area contributed by atoms with Crippen LogP contribution in [0.2, 0.25) is 0 Å². The molecule has 126 valence electrons. The quantitative estimate of drug-likeness (QED) is 0.591. The van der Waals surface area contributed by atoms with Gasteiger partial charge in [-0.05, 0) is 29.4 Å². The highest BCUT2D eigenvalue weighted by molar-refractivity contribution is 7.08. The van der Waals surface area contributed by atoms with Crippen molar-refractivity contribution in [3.05, 3.63) is 23.0 Å². The number of nitrogens with one attached hydrogen (secondary N) is 1. The highest BCUT2D eigenvalue weighted by Crippen LogP contribution is 2.37. The number of pyridine rings is 1. The zero-order valence-electron chi connectivity index (χ0n) is 14.0. The summed E-state index contributed by atoms with van der Waals surface area (Å²) in [7, 11) is 2.13. The molecule has 1 saturated heterocycles. The summed E-state index contributed by atoms with van der Waals surface area (Å²) in [5.41, 5.74) is 12.4. The van der Waals surface area contributed by atoms with Crippen LogP contribution in [0.3, 0.4) is 0 Å². The normalized spacial score (nSPS) is 15.0. The molecule has 0 saturated carbocycles. The second-order valence-corrected chi connectivity index (χ2v) is 6.01. The summed E-state index contributed by atoms with van der Waals surface area (Å²) < 4.78 is 0. The lowest BCUT2D eigenvalue weighted by Crippen LogP contribution is -2.45. The molecule has 0 bridgehead atoms. The van der Waals surface area contributed by atoms with E-state index >= 15 is 0 Å². The first-order valence-corrected chi connectivity index (χ1v) is 8.86. The fourth-order valence-electron chi connectivity index (χ4n) is 2.58. The minimum Gasteiger partial charge on any atom is -0.394 e. The maximum atomic E-state index is 6.31. The van der Waals surface area contributed by atoms with Gasteiger partial charge in [-0.2, -0.15) is 11.3 Å². The molecule has 2 aromatic rings. The number of likely N-dealkylation sites (N-methyl/N-ethyl adjacent to an activating group) is 1. The van der Waals surface area contributed by atoms with Gasteiger partial charge in [0.25, 0.3) is 0 Å². The molecular formula is C16H26N6S. The fraction of sp³-hybridized carbons (Fsp3) is 0.438. The van der Waals surface area contributed by atoms with Crippen molar-refractivity contribution in [2.45, 2.75) is 13.8 Å². The number of nitrogens with zero attached hydrogens (tertiary/aromatic N) is 3. The van der Waals surface area contributed by atoms with Crippen LogP contribution in [0.1, 0.15) is 13.8 Å². The third-order valence-electron chi connectivity index (χ3n) is 3.87. The van der Waals surface area contributed by atoms with Crippen molar-refractivity contribution in [1.29, 1.82) is 0 Å². The number of piperazine rings is 1. The zero-order chi connectivity index (χ0) is 16.8. The highest BCUT2D eigenvalue weighted by Gasteiger charge is 2.21. The standard InChI is InChI=1S/C14H20N6S.C2H6/c1-19-3-5-20(6-4-19)14-12(15)13(18-16)11(8-17-14)10-2-7-21-9-10;1-2/h2,7-9H,3-6,15-16H2,1H3,(H,17,18);1-2H3. The number of rotatable bonds is 3. The highest BCUT2D eigenvalue weighted by atomic mass is 32.1. The van der Waals surface area contributed by atoms with Crippen LogP contribution < -0.4 is 21.9 Å². The predicted octanol–water partition coefficient (Wildman–Crippen LogP) is 2.46. The molecule has 0 radical (unpaired) electrons. The Hall–Kier alpha value is -1.83. The summed E-state index contributed by atoms with van der Waals surface area (Å²) in [6.45, 7) is 7.88. The minimum absolute atomic E-state index is 0.616. The van der Waals surface area contributed by atoms with E-state index in [1.807, 2.05) is 31.5 Å². The van der Waals surface area contributed by atoms with Crippen molar-refractivity contribution in [2.75, 3.05) is 49.3 Å². The van der Waals surface area contributed by atoms with Gasteiger partial charge in [0.05, 0.1) is 5.69 Å². The Balaban J connectivity index is 0.000000924. The van der Waals surface area contributed by atoms with Crippen LogP contribution in [-0.4, -0.2) is 43.1 Å². The maximum Gasteiger partial charge on any atom is 0.154 e. The van der Waals surface area contributed by atoms with Crippen LogP contribution in [0.5, 0.6) is 0 Å². The summed E-state index contributed by atoms with van der Waals surface area (Å²) >= 11 is 1.64. The summed E-state index contributed by atoms with van der Waals surface area (Å²) in [5, 5.41) is 4.09. The fourth-order valence-corrected chi connectivity index (χ4v) is 3.23. The van der Waals surface area contributed by atoms with Gasteiger partial charge < -0.3 is 21.0 Å². The van der Waals surface area contributed by atoms with E-state index in [4.69, 9.17) is 11.6 Å². The summed E-state index contributed by atoms with van der Waals surface area (Å²) in [5.74, 6) is 6.51. The summed E-state index contributed by atoms with van der Waals surface area (Å²) in [6, 6.07) is 2.04. The molecule has 1 aliphatic rings. The third kappa shape index (κ3) is 3.74. The minimum atomic E-state index is 0.616. The number of hydrazine groups is 1. The Bertz CT molecular complexity index is 605. The van der Waals surface area contributed by atoms with Crippen LogP contribution in [0.4, 0.5) is 17.2 Å². The van der Waals surface area contributed by atoms with Crippen molar-refractivity contribution >= 4 is 28.5 Å². The first-order chi connectivity index (χ1) is 11.2. The lowest BCUT2D eigenvalue weighted by molar-refractivity contribution is 0.312. The van der Waals surface area contributed by atoms with E-state index in [-0.39, 0.29) is 0 Å². The Morgan fingerprint density at radius 2 is 1.91 bits per heavy atom. The largest absolute Gasteiger partial charge is 0.394 e. The van der Waals surface area contributed by atoms with Crippen molar-refractivity contribution in [1.82, 2.24) is 9.88 Å². The van der Waals surface area contributed by atoms with Crippen molar-refractivity contribution < 1.29 is 0 Å². The Kier molecular flexibility index (Phi) is 6.20. The second kappa shape index (κ2) is 8.14. The Morgan fingerprint density at radius 3 is 2.48 bits per heavy atom. The van der Waals surface area contributed by atoms with Crippen LogP contribution in [0.25, 0.3) is 11.1 Å². The topological polar surface area (TPSA) is 83.4 Å². The number of hydrogen-bond acceptors (Lipinski definition) is 7. The summed E-state index contributed by atoms with van der Waals surface area (Å²) in [4.78, 5) is 9.10. The molecular weight excluding hydrogens is 308 g/mol. The molecule has 6 nitrogen and oxygen atoms in total. The lowest BCUT2D eigenvalue weighted by atomic mass is 10.1. The average molecular weight is 334 g/mol. The van der Waals surface area contributed by atoms with Gasteiger partial charge in [-0.1, -0.05) is 13.8 Å². The number of anilines is 3. The molecule has 3 heterocycles. The van der Waals surface area contributed by atoms with Gasteiger partial charge >= 0.3 is 0 Å². The number of thiophene rings is 1. The monoisotopic (exact) mass is 334 g/mol. The van der Waals surface area contributed by atoms with Gasteiger partial charge in [-0.15, -0.1) is 0 Å². The molecule has 0 amide bonds. The molecule has 1 fully saturated rings. The first-order valence-electron chi connectivity index (χ1n) is 7.92. The van der Waals surface area contributed by atoms with E-state index in [9.17, 15) is 0 Å². The van der Waals surface area contributed by atoms with Gasteiger partial charge in [-0.3, -0.25) is 5.84 Å². The lowest BCUT2D eigenvalue weighted by Gasteiger charge is -2.34. The molecule has 0 spiro atoms. The van der Waals surface area contributed by atoms with E-state index < -0.39 is 0 Å². The number of nitrogens with two attached hydrogens (primary N) is 2. The van der Waals surface area contributed by atoms with Gasteiger partial charge in [0.2, 0.25) is 0 Å². The molecule has 0 aromatic carbocycles. The van der Waals surface area contributed by atoms with Crippen molar-refractivity contribution in [2.24, 2.45) is 5.84 Å². The SMILES string of the molecule is CC.CN1CCN(c2ncc(-c3ccsc3)c(NN)c2N)CC1. The third-order valence-corrected chi connectivity index (χ3v) is 4.56. The Morgan fingerprint density at radius 1 is 1.22 bits per heavy atom. The summed E-state index contributed by atoms with van der Waals surface area (Å²) in [6.07, 6.45) is 1.85. The molecule has 0 atom stereocenters.